The summed E-state index contributed by atoms with van der Waals surface area (Å²) in [5, 5.41) is 0. The van der Waals surface area contributed by atoms with E-state index in [-0.39, 0.29) is 13.2 Å². The summed E-state index contributed by atoms with van der Waals surface area (Å²) in [5.41, 5.74) is 2.01. The minimum atomic E-state index is -0.454. The zero-order valence-electron chi connectivity index (χ0n) is 11.4. The fourth-order valence-electron chi connectivity index (χ4n) is 1.39. The third-order valence-electron chi connectivity index (χ3n) is 2.48. The van der Waals surface area contributed by atoms with Gasteiger partial charge in [0.05, 0.1) is 0 Å². The van der Waals surface area contributed by atoms with Crippen molar-refractivity contribution >= 4 is 17.4 Å². The van der Waals surface area contributed by atoms with Crippen LogP contribution in [0.25, 0.3) is 5.76 Å². The first-order chi connectivity index (χ1) is 9.04. The molecule has 0 N–H and O–H groups in total. The van der Waals surface area contributed by atoms with Crippen molar-refractivity contribution in [2.24, 2.45) is 0 Å². The molecule has 19 heavy (non-hydrogen) atoms. The van der Waals surface area contributed by atoms with Gasteiger partial charge in [0, 0.05) is 31.4 Å². The van der Waals surface area contributed by atoms with Gasteiger partial charge in [-0.2, -0.15) is 0 Å². The maximum atomic E-state index is 10.8. The van der Waals surface area contributed by atoms with E-state index in [4.69, 9.17) is 9.47 Å². The van der Waals surface area contributed by atoms with Crippen LogP contribution >= 0.6 is 0 Å². The number of ether oxygens (including phenoxy) is 2. The molecule has 0 fully saturated rings. The Hall–Kier alpha value is -2.23. The van der Waals surface area contributed by atoms with Crippen LogP contribution in [0.1, 0.15) is 5.56 Å². The molecule has 1 aromatic carbocycles. The molecule has 102 valence electrons. The summed E-state index contributed by atoms with van der Waals surface area (Å²) in [5.74, 6) is 0.101. The highest BCUT2D eigenvalue weighted by Crippen LogP contribution is 2.18. The second kappa shape index (κ2) is 7.26. The average molecular weight is 261 g/mol. The number of esters is 1. The third kappa shape index (κ3) is 4.87. The van der Waals surface area contributed by atoms with Crippen LogP contribution in [0.3, 0.4) is 0 Å². The van der Waals surface area contributed by atoms with E-state index in [1.807, 2.05) is 43.3 Å². The lowest BCUT2D eigenvalue weighted by Gasteiger charge is -2.14. The Morgan fingerprint density at radius 3 is 2.32 bits per heavy atom. The fourth-order valence-corrected chi connectivity index (χ4v) is 1.39. The Kier molecular flexibility index (Phi) is 5.67. The molecule has 1 rings (SSSR count). The number of hydrogen-bond donors (Lipinski definition) is 0. The number of benzene rings is 1. The molecular formula is C15H19NO3. The highest BCUT2D eigenvalue weighted by Gasteiger charge is 2.02. The molecule has 0 aliphatic carbocycles. The van der Waals surface area contributed by atoms with E-state index in [1.165, 1.54) is 0 Å². The van der Waals surface area contributed by atoms with E-state index in [9.17, 15) is 4.79 Å². The van der Waals surface area contributed by atoms with Crippen molar-refractivity contribution in [3.8, 4) is 0 Å². The van der Waals surface area contributed by atoms with Crippen molar-refractivity contribution in [3.63, 3.8) is 0 Å². The second-order valence-electron chi connectivity index (χ2n) is 4.08. The van der Waals surface area contributed by atoms with E-state index in [2.05, 4.69) is 13.2 Å². The van der Waals surface area contributed by atoms with Crippen LogP contribution in [0.15, 0.2) is 43.5 Å². The summed E-state index contributed by atoms with van der Waals surface area (Å²) in [7, 11) is 3.96. The number of anilines is 1. The highest BCUT2D eigenvalue weighted by molar-refractivity contribution is 5.81. The number of hydrogen-bond acceptors (Lipinski definition) is 4. The van der Waals surface area contributed by atoms with Crippen LogP contribution in [0, 0.1) is 0 Å². The number of carbonyl (C=O) groups is 1. The van der Waals surface area contributed by atoms with Crippen molar-refractivity contribution < 1.29 is 14.3 Å². The van der Waals surface area contributed by atoms with Crippen LogP contribution < -0.4 is 4.90 Å². The van der Waals surface area contributed by atoms with Crippen molar-refractivity contribution in [2.45, 2.75) is 0 Å². The van der Waals surface area contributed by atoms with Gasteiger partial charge in [-0.05, 0) is 24.3 Å². The Morgan fingerprint density at radius 2 is 1.79 bits per heavy atom. The quantitative estimate of drug-likeness (QED) is 0.327. The molecule has 0 bridgehead atoms. The minimum absolute atomic E-state index is 0.180. The Balaban J connectivity index is 2.41. The number of nitrogens with zero attached hydrogens (tertiary/aromatic N) is 1. The predicted molar refractivity (Wildman–Crippen MR) is 76.9 cm³/mol. The van der Waals surface area contributed by atoms with Crippen molar-refractivity contribution in [1.29, 1.82) is 0 Å². The molecular weight excluding hydrogens is 242 g/mol. The lowest BCUT2D eigenvalue weighted by molar-refractivity contribution is -0.138. The maximum absolute atomic E-state index is 10.8. The molecule has 0 aliphatic heterocycles. The Bertz CT molecular complexity index is 449. The van der Waals surface area contributed by atoms with E-state index in [0.29, 0.717) is 5.76 Å². The molecule has 0 saturated heterocycles. The highest BCUT2D eigenvalue weighted by atomic mass is 16.6. The van der Waals surface area contributed by atoms with Gasteiger partial charge in [-0.3, -0.25) is 0 Å². The number of carbonyl (C=O) groups excluding carboxylic acids is 1. The lowest BCUT2D eigenvalue weighted by atomic mass is 10.2. The van der Waals surface area contributed by atoms with Crippen LogP contribution in [-0.4, -0.2) is 33.3 Å². The summed E-state index contributed by atoms with van der Waals surface area (Å²) in [6.07, 6.45) is 1.12. The summed E-state index contributed by atoms with van der Waals surface area (Å²) in [6.45, 7) is 7.60. The predicted octanol–water partition coefficient (Wildman–Crippen LogP) is 2.47. The normalized spacial score (nSPS) is 9.58. The Labute approximate surface area is 113 Å². The topological polar surface area (TPSA) is 38.8 Å². The molecule has 0 amide bonds. The van der Waals surface area contributed by atoms with Gasteiger partial charge in [0.1, 0.15) is 19.0 Å². The zero-order valence-corrected chi connectivity index (χ0v) is 11.4. The van der Waals surface area contributed by atoms with Crippen LogP contribution in [0.4, 0.5) is 5.69 Å². The summed E-state index contributed by atoms with van der Waals surface area (Å²) < 4.78 is 10.2. The van der Waals surface area contributed by atoms with Crippen molar-refractivity contribution in [1.82, 2.24) is 0 Å². The largest absolute Gasteiger partial charge is 0.490 e. The van der Waals surface area contributed by atoms with Crippen molar-refractivity contribution in [3.05, 3.63) is 49.1 Å². The van der Waals surface area contributed by atoms with E-state index < -0.39 is 5.97 Å². The lowest BCUT2D eigenvalue weighted by Crippen LogP contribution is -2.09. The van der Waals surface area contributed by atoms with Crippen LogP contribution in [0.5, 0.6) is 0 Å². The molecule has 0 saturated carbocycles. The summed E-state index contributed by atoms with van der Waals surface area (Å²) in [4.78, 5) is 12.8. The second-order valence-corrected chi connectivity index (χ2v) is 4.08. The first kappa shape index (κ1) is 14.8. The molecule has 0 radical (unpaired) electrons. The monoisotopic (exact) mass is 261 g/mol. The smallest absolute Gasteiger partial charge is 0.330 e. The van der Waals surface area contributed by atoms with E-state index >= 15 is 0 Å². The summed E-state index contributed by atoms with van der Waals surface area (Å²) >= 11 is 0. The number of rotatable bonds is 7. The maximum Gasteiger partial charge on any atom is 0.330 e. The van der Waals surface area contributed by atoms with Gasteiger partial charge in [-0.25, -0.2) is 4.79 Å². The molecule has 0 aliphatic rings. The molecule has 0 heterocycles. The standard InChI is InChI=1S/C15H19NO3/c1-5-15(17)19-11-10-18-12(2)13-6-8-14(9-7-13)16(3)4/h5-9H,1-2,10-11H2,3-4H3. The van der Waals surface area contributed by atoms with Gasteiger partial charge in [-0.1, -0.05) is 13.2 Å². The third-order valence-corrected chi connectivity index (χ3v) is 2.48. The molecule has 0 unspecified atom stereocenters. The molecule has 1 aromatic rings. The minimum Gasteiger partial charge on any atom is -0.490 e. The van der Waals surface area contributed by atoms with Gasteiger partial charge in [0.15, 0.2) is 0 Å². The van der Waals surface area contributed by atoms with Gasteiger partial charge in [-0.15, -0.1) is 0 Å². The fraction of sp³-hybridized carbons (Fsp3) is 0.267. The molecule has 4 heteroatoms. The molecule has 0 atom stereocenters. The van der Waals surface area contributed by atoms with Crippen LogP contribution in [0.2, 0.25) is 0 Å². The van der Waals surface area contributed by atoms with Crippen molar-refractivity contribution in [2.75, 3.05) is 32.2 Å². The average Bonchev–Trinajstić information content (AvgIpc) is 2.43. The molecule has 0 aromatic heterocycles. The van der Waals surface area contributed by atoms with Gasteiger partial charge >= 0.3 is 5.97 Å². The van der Waals surface area contributed by atoms with E-state index in [1.54, 1.807) is 0 Å². The Morgan fingerprint density at radius 1 is 1.21 bits per heavy atom. The SMILES string of the molecule is C=CC(=O)OCCOC(=C)c1ccc(N(C)C)cc1. The first-order valence-corrected chi connectivity index (χ1v) is 5.93. The summed E-state index contributed by atoms with van der Waals surface area (Å²) in [6, 6.07) is 7.85. The van der Waals surface area contributed by atoms with Gasteiger partial charge < -0.3 is 14.4 Å². The van der Waals surface area contributed by atoms with E-state index in [0.717, 1.165) is 17.3 Å². The van der Waals surface area contributed by atoms with Gasteiger partial charge in [0.2, 0.25) is 0 Å². The first-order valence-electron chi connectivity index (χ1n) is 5.93. The molecule has 4 nitrogen and oxygen atoms in total. The molecule has 0 spiro atoms. The van der Waals surface area contributed by atoms with Crippen LogP contribution in [-0.2, 0) is 14.3 Å². The van der Waals surface area contributed by atoms with Gasteiger partial charge in [0.25, 0.3) is 0 Å². The zero-order chi connectivity index (χ0) is 14.3.